The Balaban J connectivity index is 1.58. The van der Waals surface area contributed by atoms with Crippen molar-refractivity contribution in [2.75, 3.05) is 5.32 Å². The molecule has 142 valence electrons. The smallest absolute Gasteiger partial charge is 0.250 e. The third kappa shape index (κ3) is 5.41. The SMILES string of the molecule is CC(C)Oc1ccc(NC(=S)NC(=O)/C=C/c2cccc3ccccc23)cc1. The molecule has 0 atom stereocenters. The summed E-state index contributed by atoms with van der Waals surface area (Å²) in [6.07, 6.45) is 3.39. The summed E-state index contributed by atoms with van der Waals surface area (Å²) >= 11 is 5.21. The van der Waals surface area contributed by atoms with E-state index in [1.165, 1.54) is 6.08 Å². The van der Waals surface area contributed by atoms with Gasteiger partial charge >= 0.3 is 0 Å². The molecule has 3 aromatic rings. The number of carbonyl (C=O) groups excluding carboxylic acids is 1. The fourth-order valence-electron chi connectivity index (χ4n) is 2.77. The van der Waals surface area contributed by atoms with Crippen LogP contribution in [0.1, 0.15) is 19.4 Å². The van der Waals surface area contributed by atoms with Gasteiger partial charge in [0.25, 0.3) is 0 Å². The Morgan fingerprint density at radius 3 is 2.46 bits per heavy atom. The van der Waals surface area contributed by atoms with E-state index in [0.717, 1.165) is 27.8 Å². The second kappa shape index (κ2) is 9.15. The second-order valence-corrected chi connectivity index (χ2v) is 6.94. The quantitative estimate of drug-likeness (QED) is 0.467. The molecule has 0 aliphatic heterocycles. The van der Waals surface area contributed by atoms with E-state index in [1.807, 2.05) is 80.6 Å². The number of rotatable bonds is 5. The maximum Gasteiger partial charge on any atom is 0.250 e. The van der Waals surface area contributed by atoms with E-state index in [4.69, 9.17) is 17.0 Å². The van der Waals surface area contributed by atoms with Crippen molar-refractivity contribution in [1.82, 2.24) is 5.32 Å². The Bertz CT molecular complexity index is 1010. The second-order valence-electron chi connectivity index (χ2n) is 6.54. The summed E-state index contributed by atoms with van der Waals surface area (Å²) in [4.78, 5) is 12.2. The highest BCUT2D eigenvalue weighted by molar-refractivity contribution is 7.80. The van der Waals surface area contributed by atoms with Gasteiger partial charge in [0.2, 0.25) is 5.91 Å². The molecule has 3 aromatic carbocycles. The van der Waals surface area contributed by atoms with Gasteiger partial charge in [-0.1, -0.05) is 42.5 Å². The highest BCUT2D eigenvalue weighted by Crippen LogP contribution is 2.19. The average molecular weight is 391 g/mol. The molecule has 0 aliphatic carbocycles. The number of thiocarbonyl (C=S) groups is 1. The van der Waals surface area contributed by atoms with E-state index < -0.39 is 0 Å². The number of anilines is 1. The van der Waals surface area contributed by atoms with Gasteiger partial charge in [-0.3, -0.25) is 10.1 Å². The normalized spacial score (nSPS) is 11.0. The zero-order valence-corrected chi connectivity index (χ0v) is 16.6. The lowest BCUT2D eigenvalue weighted by Gasteiger charge is -2.11. The lowest BCUT2D eigenvalue weighted by Crippen LogP contribution is -2.32. The standard InChI is InChI=1S/C23H22N2O2S/c1-16(2)27-20-13-11-19(12-14-20)24-23(28)25-22(26)15-10-18-8-5-7-17-6-3-4-9-21(17)18/h3-16H,1-2H3,(H2,24,25,26,28)/b15-10+. The lowest BCUT2D eigenvalue weighted by atomic mass is 10.0. The summed E-state index contributed by atoms with van der Waals surface area (Å²) in [6.45, 7) is 3.95. The molecule has 0 bridgehead atoms. The largest absolute Gasteiger partial charge is 0.491 e. The van der Waals surface area contributed by atoms with E-state index in [-0.39, 0.29) is 17.1 Å². The molecule has 3 rings (SSSR count). The fourth-order valence-corrected chi connectivity index (χ4v) is 2.98. The molecule has 28 heavy (non-hydrogen) atoms. The van der Waals surface area contributed by atoms with E-state index in [9.17, 15) is 4.79 Å². The lowest BCUT2D eigenvalue weighted by molar-refractivity contribution is -0.115. The third-order valence-corrected chi connectivity index (χ3v) is 4.16. The Morgan fingerprint density at radius 1 is 1.00 bits per heavy atom. The first kappa shape index (κ1) is 19.6. The van der Waals surface area contributed by atoms with Crippen LogP contribution in [-0.4, -0.2) is 17.1 Å². The van der Waals surface area contributed by atoms with Crippen LogP contribution in [0.2, 0.25) is 0 Å². The molecule has 0 heterocycles. The predicted molar refractivity (Wildman–Crippen MR) is 120 cm³/mol. The van der Waals surface area contributed by atoms with Gasteiger partial charge in [-0.2, -0.15) is 0 Å². The van der Waals surface area contributed by atoms with Crippen molar-refractivity contribution >= 4 is 45.8 Å². The number of amides is 1. The Morgan fingerprint density at radius 2 is 1.71 bits per heavy atom. The minimum absolute atomic E-state index is 0.118. The van der Waals surface area contributed by atoms with Crippen LogP contribution in [0.15, 0.2) is 72.8 Å². The van der Waals surface area contributed by atoms with Gasteiger partial charge in [0, 0.05) is 11.8 Å². The first-order chi connectivity index (χ1) is 13.5. The Labute approximate surface area is 170 Å². The molecule has 0 saturated carbocycles. The van der Waals surface area contributed by atoms with Crippen LogP contribution in [-0.2, 0) is 4.79 Å². The molecule has 0 unspecified atom stereocenters. The molecule has 0 saturated heterocycles. The maximum absolute atomic E-state index is 12.2. The van der Waals surface area contributed by atoms with Crippen molar-refractivity contribution in [2.24, 2.45) is 0 Å². The molecule has 0 radical (unpaired) electrons. The number of hydrogen-bond donors (Lipinski definition) is 2. The van der Waals surface area contributed by atoms with E-state index in [2.05, 4.69) is 10.6 Å². The summed E-state index contributed by atoms with van der Waals surface area (Å²) in [5.41, 5.74) is 1.76. The van der Waals surface area contributed by atoms with E-state index >= 15 is 0 Å². The molecular weight excluding hydrogens is 368 g/mol. The predicted octanol–water partition coefficient (Wildman–Crippen LogP) is 5.15. The maximum atomic E-state index is 12.2. The first-order valence-corrected chi connectivity index (χ1v) is 9.46. The van der Waals surface area contributed by atoms with Gasteiger partial charge in [0.1, 0.15) is 5.75 Å². The number of ether oxygens (including phenoxy) is 1. The topological polar surface area (TPSA) is 50.4 Å². The summed E-state index contributed by atoms with van der Waals surface area (Å²) in [7, 11) is 0. The highest BCUT2D eigenvalue weighted by Gasteiger charge is 2.04. The summed E-state index contributed by atoms with van der Waals surface area (Å²) in [5.74, 6) is 0.499. The average Bonchev–Trinajstić information content (AvgIpc) is 2.67. The highest BCUT2D eigenvalue weighted by atomic mass is 32.1. The van der Waals surface area contributed by atoms with Crippen LogP contribution in [0.25, 0.3) is 16.8 Å². The zero-order chi connectivity index (χ0) is 19.9. The number of nitrogens with one attached hydrogen (secondary N) is 2. The molecule has 1 amide bonds. The summed E-state index contributed by atoms with van der Waals surface area (Å²) in [6, 6.07) is 21.5. The number of carbonyl (C=O) groups is 1. The van der Waals surface area contributed by atoms with Crippen molar-refractivity contribution in [2.45, 2.75) is 20.0 Å². The minimum atomic E-state index is -0.287. The van der Waals surface area contributed by atoms with Crippen LogP contribution in [0.3, 0.4) is 0 Å². The van der Waals surface area contributed by atoms with Crippen molar-refractivity contribution in [3.05, 3.63) is 78.4 Å². The van der Waals surface area contributed by atoms with E-state index in [0.29, 0.717) is 0 Å². The number of benzene rings is 3. The van der Waals surface area contributed by atoms with Gasteiger partial charge in [0.05, 0.1) is 6.10 Å². The Hall–Kier alpha value is -3.18. The minimum Gasteiger partial charge on any atom is -0.491 e. The van der Waals surface area contributed by atoms with Crippen LogP contribution in [0.4, 0.5) is 5.69 Å². The van der Waals surface area contributed by atoms with Crippen molar-refractivity contribution in [3.8, 4) is 5.75 Å². The van der Waals surface area contributed by atoms with Gasteiger partial charge in [-0.05, 0) is 72.7 Å². The molecule has 2 N–H and O–H groups in total. The molecular formula is C23H22N2O2S. The van der Waals surface area contributed by atoms with Crippen LogP contribution >= 0.6 is 12.2 Å². The summed E-state index contributed by atoms with van der Waals surface area (Å²) < 4.78 is 5.60. The van der Waals surface area contributed by atoms with Gasteiger partial charge in [0.15, 0.2) is 5.11 Å². The Kier molecular flexibility index (Phi) is 6.40. The molecule has 5 heteroatoms. The molecule has 0 spiro atoms. The molecule has 0 aromatic heterocycles. The van der Waals surface area contributed by atoms with Crippen molar-refractivity contribution in [1.29, 1.82) is 0 Å². The summed E-state index contributed by atoms with van der Waals surface area (Å²) in [5, 5.41) is 8.12. The molecule has 4 nitrogen and oxygen atoms in total. The van der Waals surface area contributed by atoms with Crippen LogP contribution in [0, 0.1) is 0 Å². The van der Waals surface area contributed by atoms with Crippen molar-refractivity contribution < 1.29 is 9.53 Å². The first-order valence-electron chi connectivity index (χ1n) is 9.06. The zero-order valence-electron chi connectivity index (χ0n) is 15.8. The third-order valence-electron chi connectivity index (χ3n) is 3.96. The van der Waals surface area contributed by atoms with Crippen LogP contribution in [0.5, 0.6) is 5.75 Å². The number of fused-ring (bicyclic) bond motifs is 1. The molecule has 0 aliphatic rings. The molecule has 0 fully saturated rings. The van der Waals surface area contributed by atoms with Gasteiger partial charge in [-0.25, -0.2) is 0 Å². The van der Waals surface area contributed by atoms with Crippen molar-refractivity contribution in [3.63, 3.8) is 0 Å². The van der Waals surface area contributed by atoms with Crippen LogP contribution < -0.4 is 15.4 Å². The monoisotopic (exact) mass is 390 g/mol. The van der Waals surface area contributed by atoms with Gasteiger partial charge < -0.3 is 10.1 Å². The van der Waals surface area contributed by atoms with E-state index in [1.54, 1.807) is 6.08 Å². The van der Waals surface area contributed by atoms with Gasteiger partial charge in [-0.15, -0.1) is 0 Å². The fraction of sp³-hybridized carbons (Fsp3) is 0.130. The number of hydrogen-bond acceptors (Lipinski definition) is 3.